The fourth-order valence-corrected chi connectivity index (χ4v) is 6.22. The lowest BCUT2D eigenvalue weighted by Crippen LogP contribution is -2.37. The molecular weight excluding hydrogens is 713 g/mol. The maximum atomic E-state index is 12.6. The summed E-state index contributed by atoms with van der Waals surface area (Å²) in [6.07, 6.45) is 44.1. The SMILES string of the molecule is CC/C=C/C=C/C=C/CCCCCCCC(=O)OC(COC(=O)CCCCCCC/C=C/C=C/CCCCCCCCC)COP(=O)(O)OCC[N+](C)(C)C. The molecule has 2 unspecified atom stereocenters. The first kappa shape index (κ1) is 52.7. The van der Waals surface area contributed by atoms with Crippen LogP contribution in [0.25, 0.3) is 0 Å². The number of phosphoric ester groups is 1. The minimum Gasteiger partial charge on any atom is -0.462 e. The molecule has 0 aliphatic carbocycles. The number of unbranched alkanes of at least 4 members (excludes halogenated alkanes) is 17. The molecule has 0 saturated heterocycles. The average molecular weight is 795 g/mol. The number of allylic oxidation sites excluding steroid dienone is 10. The number of carbonyl (C=O) groups is 2. The van der Waals surface area contributed by atoms with Gasteiger partial charge in [0.1, 0.15) is 19.8 Å². The Bertz CT molecular complexity index is 1120. The highest BCUT2D eigenvalue weighted by Gasteiger charge is 2.27. The minimum atomic E-state index is -4.38. The first-order valence-corrected chi connectivity index (χ1v) is 23.1. The summed E-state index contributed by atoms with van der Waals surface area (Å²) in [6, 6.07) is 0. The summed E-state index contributed by atoms with van der Waals surface area (Å²) in [6.45, 7) is 4.22. The van der Waals surface area contributed by atoms with Crippen LogP contribution in [0, 0.1) is 0 Å². The Morgan fingerprint density at radius 2 is 1.04 bits per heavy atom. The summed E-state index contributed by atoms with van der Waals surface area (Å²) in [4.78, 5) is 35.3. The molecule has 0 heterocycles. The Kier molecular flexibility index (Phi) is 35.7. The highest BCUT2D eigenvalue weighted by molar-refractivity contribution is 7.47. The van der Waals surface area contributed by atoms with Crippen molar-refractivity contribution in [3.63, 3.8) is 0 Å². The van der Waals surface area contributed by atoms with Crippen LogP contribution in [-0.2, 0) is 32.7 Å². The van der Waals surface area contributed by atoms with Crippen LogP contribution in [-0.4, -0.2) is 74.9 Å². The second kappa shape index (κ2) is 37.3. The zero-order chi connectivity index (χ0) is 40.7. The summed E-state index contributed by atoms with van der Waals surface area (Å²) in [7, 11) is 1.44. The molecule has 0 aliphatic rings. The second-order valence-corrected chi connectivity index (χ2v) is 16.9. The van der Waals surface area contributed by atoms with Crippen LogP contribution in [0.3, 0.4) is 0 Å². The van der Waals surface area contributed by atoms with Gasteiger partial charge in [0.25, 0.3) is 0 Å². The van der Waals surface area contributed by atoms with E-state index in [4.69, 9.17) is 18.5 Å². The number of hydrogen-bond acceptors (Lipinski definition) is 7. The third-order valence-electron chi connectivity index (χ3n) is 8.87. The van der Waals surface area contributed by atoms with Gasteiger partial charge >= 0.3 is 19.8 Å². The average Bonchev–Trinajstić information content (AvgIpc) is 3.13. The first-order valence-electron chi connectivity index (χ1n) is 21.6. The van der Waals surface area contributed by atoms with Crippen molar-refractivity contribution in [2.45, 2.75) is 168 Å². The van der Waals surface area contributed by atoms with Crippen molar-refractivity contribution in [3.8, 4) is 0 Å². The van der Waals surface area contributed by atoms with E-state index in [1.54, 1.807) is 0 Å². The molecule has 10 heteroatoms. The van der Waals surface area contributed by atoms with E-state index in [0.29, 0.717) is 23.9 Å². The van der Waals surface area contributed by atoms with Crippen molar-refractivity contribution in [2.75, 3.05) is 47.5 Å². The van der Waals surface area contributed by atoms with E-state index in [-0.39, 0.29) is 26.1 Å². The Morgan fingerprint density at radius 1 is 0.582 bits per heavy atom. The molecule has 0 aromatic rings. The predicted molar refractivity (Wildman–Crippen MR) is 229 cm³/mol. The van der Waals surface area contributed by atoms with Crippen molar-refractivity contribution in [3.05, 3.63) is 60.8 Å². The molecule has 9 nitrogen and oxygen atoms in total. The topological polar surface area (TPSA) is 108 Å². The first-order chi connectivity index (χ1) is 26.5. The smallest absolute Gasteiger partial charge is 0.462 e. The number of quaternary nitrogens is 1. The lowest BCUT2D eigenvalue weighted by Gasteiger charge is -2.24. The zero-order valence-electron chi connectivity index (χ0n) is 35.6. The molecule has 0 radical (unpaired) electrons. The van der Waals surface area contributed by atoms with E-state index in [9.17, 15) is 19.0 Å². The Labute approximate surface area is 336 Å². The van der Waals surface area contributed by atoms with Gasteiger partial charge < -0.3 is 18.9 Å². The summed E-state index contributed by atoms with van der Waals surface area (Å²) in [5, 5.41) is 0. The molecule has 318 valence electrons. The van der Waals surface area contributed by atoms with Gasteiger partial charge in [-0.25, -0.2) is 4.57 Å². The zero-order valence-corrected chi connectivity index (χ0v) is 36.5. The molecule has 55 heavy (non-hydrogen) atoms. The van der Waals surface area contributed by atoms with Gasteiger partial charge in [0.05, 0.1) is 27.7 Å². The van der Waals surface area contributed by atoms with Gasteiger partial charge in [-0.15, -0.1) is 0 Å². The van der Waals surface area contributed by atoms with Crippen LogP contribution >= 0.6 is 7.82 Å². The van der Waals surface area contributed by atoms with Gasteiger partial charge in [-0.3, -0.25) is 18.6 Å². The molecule has 0 aliphatic heterocycles. The molecule has 2 atom stereocenters. The second-order valence-electron chi connectivity index (χ2n) is 15.4. The van der Waals surface area contributed by atoms with E-state index >= 15 is 0 Å². The summed E-state index contributed by atoms with van der Waals surface area (Å²) in [5.74, 6) is -0.845. The molecule has 0 aromatic heterocycles. The van der Waals surface area contributed by atoms with Gasteiger partial charge in [0.15, 0.2) is 6.10 Å². The number of likely N-dealkylation sites (N-methyl/N-ethyl adjacent to an activating group) is 1. The number of ether oxygens (including phenoxy) is 2. The van der Waals surface area contributed by atoms with Gasteiger partial charge in [-0.2, -0.15) is 0 Å². The van der Waals surface area contributed by atoms with Crippen molar-refractivity contribution < 1.29 is 42.1 Å². The van der Waals surface area contributed by atoms with Crippen molar-refractivity contribution in [1.29, 1.82) is 0 Å². The van der Waals surface area contributed by atoms with E-state index in [1.807, 2.05) is 39.4 Å². The molecule has 0 spiro atoms. The van der Waals surface area contributed by atoms with Crippen LogP contribution in [0.15, 0.2) is 60.8 Å². The molecule has 1 N–H and O–H groups in total. The highest BCUT2D eigenvalue weighted by atomic mass is 31.2. The van der Waals surface area contributed by atoms with Gasteiger partial charge in [-0.05, 0) is 57.8 Å². The van der Waals surface area contributed by atoms with Crippen molar-refractivity contribution in [1.82, 2.24) is 0 Å². The number of phosphoric acid groups is 1. The summed E-state index contributed by atoms with van der Waals surface area (Å²) >= 11 is 0. The van der Waals surface area contributed by atoms with E-state index < -0.39 is 32.5 Å². The van der Waals surface area contributed by atoms with Crippen LogP contribution in [0.5, 0.6) is 0 Å². The molecule has 0 aromatic carbocycles. The Morgan fingerprint density at radius 3 is 1.55 bits per heavy atom. The number of hydrogen-bond donors (Lipinski definition) is 1. The Hall–Kier alpha value is -2.29. The number of nitrogens with zero attached hydrogens (tertiary/aromatic N) is 1. The van der Waals surface area contributed by atoms with E-state index in [0.717, 1.165) is 77.0 Å². The van der Waals surface area contributed by atoms with Gasteiger partial charge in [0.2, 0.25) is 0 Å². The third-order valence-corrected chi connectivity index (χ3v) is 9.85. The quantitative estimate of drug-likeness (QED) is 0.0216. The number of rotatable bonds is 38. The van der Waals surface area contributed by atoms with E-state index in [1.165, 1.54) is 44.9 Å². The predicted octanol–water partition coefficient (Wildman–Crippen LogP) is 12.1. The molecule has 0 amide bonds. The fourth-order valence-electron chi connectivity index (χ4n) is 5.47. The molecule has 0 saturated carbocycles. The van der Waals surface area contributed by atoms with Gasteiger partial charge in [0, 0.05) is 12.8 Å². The van der Waals surface area contributed by atoms with E-state index in [2.05, 4.69) is 56.4 Å². The summed E-state index contributed by atoms with van der Waals surface area (Å²) in [5.41, 5.74) is 0. The lowest BCUT2D eigenvalue weighted by molar-refractivity contribution is -0.870. The van der Waals surface area contributed by atoms with Crippen LogP contribution in [0.2, 0.25) is 0 Å². The van der Waals surface area contributed by atoms with Crippen LogP contribution < -0.4 is 0 Å². The van der Waals surface area contributed by atoms with Crippen molar-refractivity contribution >= 4 is 19.8 Å². The minimum absolute atomic E-state index is 0.0220. The Balaban J connectivity index is 4.41. The lowest BCUT2D eigenvalue weighted by atomic mass is 10.1. The molecule has 0 rings (SSSR count). The number of carbonyl (C=O) groups excluding carboxylic acids is 2. The van der Waals surface area contributed by atoms with Crippen molar-refractivity contribution in [2.24, 2.45) is 0 Å². The third kappa shape index (κ3) is 41.2. The molecule has 0 bridgehead atoms. The monoisotopic (exact) mass is 795 g/mol. The highest BCUT2D eigenvalue weighted by Crippen LogP contribution is 2.43. The number of esters is 2. The largest absolute Gasteiger partial charge is 0.472 e. The summed E-state index contributed by atoms with van der Waals surface area (Å²) < 4.78 is 34.2. The van der Waals surface area contributed by atoms with Gasteiger partial charge in [-0.1, -0.05) is 152 Å². The fraction of sp³-hybridized carbons (Fsp3) is 0.733. The molecule has 0 fully saturated rings. The maximum Gasteiger partial charge on any atom is 0.472 e. The maximum absolute atomic E-state index is 12.6. The van der Waals surface area contributed by atoms with Crippen LogP contribution in [0.4, 0.5) is 0 Å². The van der Waals surface area contributed by atoms with Crippen LogP contribution in [0.1, 0.15) is 162 Å². The molecular formula is C45H81NO8P+. The normalized spacial score (nSPS) is 14.2. The standard InChI is InChI=1S/C45H80NO8P/c1-6-8-10-12-14-16-18-20-21-22-23-24-26-27-29-31-33-35-37-44(47)51-41-43(42-53-55(49,50)52-40-39-46(3,4)5)54-45(48)38-36-34-32-30-28-25-19-17-15-13-11-9-7-2/h9,11,13,15,17,19,21-24,43H,6-8,10,12,14,16,18,20,25-42H2,1-5H3/p+1/b11-9+,15-13+,19-17+,22-21+,24-23+.